The van der Waals surface area contributed by atoms with E-state index in [4.69, 9.17) is 10.5 Å². The third-order valence-corrected chi connectivity index (χ3v) is 7.30. The van der Waals surface area contributed by atoms with Gasteiger partial charge in [0.25, 0.3) is 11.8 Å². The van der Waals surface area contributed by atoms with Crippen LogP contribution in [-0.4, -0.2) is 67.1 Å². The minimum Gasteiger partial charge on any atom is -0.478 e. The molecule has 0 aliphatic carbocycles. The first-order valence-electron chi connectivity index (χ1n) is 14.0. The van der Waals surface area contributed by atoms with Crippen molar-refractivity contribution < 1.29 is 27.5 Å². The number of hydrogen-bond donors (Lipinski definition) is 2. The van der Waals surface area contributed by atoms with E-state index in [1.54, 1.807) is 25.3 Å². The van der Waals surface area contributed by atoms with E-state index in [0.717, 1.165) is 17.2 Å². The van der Waals surface area contributed by atoms with Gasteiger partial charge >= 0.3 is 6.18 Å². The second-order valence-corrected chi connectivity index (χ2v) is 10.1. The summed E-state index contributed by atoms with van der Waals surface area (Å²) in [6.07, 6.45) is -2.40. The van der Waals surface area contributed by atoms with Crippen molar-refractivity contribution in [3.05, 3.63) is 77.0 Å². The van der Waals surface area contributed by atoms with Gasteiger partial charge in [0.05, 0.1) is 23.3 Å². The maximum absolute atomic E-state index is 13.8. The van der Waals surface area contributed by atoms with E-state index >= 15 is 0 Å². The summed E-state index contributed by atoms with van der Waals surface area (Å²) in [6, 6.07) is 12.7. The molecule has 1 fully saturated rings. The third-order valence-electron chi connectivity index (χ3n) is 7.30. The van der Waals surface area contributed by atoms with E-state index in [0.29, 0.717) is 42.3 Å². The lowest BCUT2D eigenvalue weighted by Gasteiger charge is -2.43. The Labute approximate surface area is 243 Å². The second-order valence-electron chi connectivity index (χ2n) is 10.1. The van der Waals surface area contributed by atoms with Gasteiger partial charge in [0.1, 0.15) is 0 Å². The van der Waals surface area contributed by atoms with Gasteiger partial charge in [-0.1, -0.05) is 24.6 Å². The van der Waals surface area contributed by atoms with E-state index in [1.165, 1.54) is 17.0 Å². The van der Waals surface area contributed by atoms with Crippen LogP contribution >= 0.6 is 0 Å². The number of pyridine rings is 1. The summed E-state index contributed by atoms with van der Waals surface area (Å²) in [7, 11) is 0. The Balaban J connectivity index is 1.67. The molecule has 2 heterocycles. The zero-order chi connectivity index (χ0) is 30.4. The molecule has 0 radical (unpaired) electrons. The van der Waals surface area contributed by atoms with Crippen LogP contribution in [0.25, 0.3) is 11.1 Å². The molecule has 0 spiro atoms. The number of anilines is 1. The van der Waals surface area contributed by atoms with Gasteiger partial charge in [-0.3, -0.25) is 9.59 Å². The number of alkyl halides is 3. The van der Waals surface area contributed by atoms with Crippen LogP contribution in [0, 0.1) is 6.92 Å². The molecule has 1 atom stereocenters. The highest BCUT2D eigenvalue weighted by Crippen LogP contribution is 2.36. The molecule has 1 aromatic heterocycles. The molecule has 3 N–H and O–H groups in total. The monoisotopic (exact) mass is 583 g/mol. The molecule has 0 bridgehead atoms. The molecule has 1 saturated heterocycles. The van der Waals surface area contributed by atoms with Crippen molar-refractivity contribution >= 4 is 17.5 Å². The van der Waals surface area contributed by atoms with Crippen LogP contribution < -0.4 is 20.7 Å². The van der Waals surface area contributed by atoms with Crippen LogP contribution in [0.15, 0.2) is 54.7 Å². The van der Waals surface area contributed by atoms with Gasteiger partial charge in [0.2, 0.25) is 5.88 Å². The number of piperazine rings is 1. The van der Waals surface area contributed by atoms with Gasteiger partial charge in [-0.25, -0.2) is 4.98 Å². The van der Waals surface area contributed by atoms with E-state index in [-0.39, 0.29) is 43.7 Å². The van der Waals surface area contributed by atoms with E-state index in [1.807, 2.05) is 32.0 Å². The molecule has 11 heteroatoms. The van der Waals surface area contributed by atoms with Crippen molar-refractivity contribution in [2.45, 2.75) is 39.4 Å². The summed E-state index contributed by atoms with van der Waals surface area (Å²) >= 11 is 0. The van der Waals surface area contributed by atoms with E-state index in [9.17, 15) is 22.8 Å². The first kappa shape index (κ1) is 30.8. The highest BCUT2D eigenvalue weighted by molar-refractivity contribution is 6.01. The summed E-state index contributed by atoms with van der Waals surface area (Å²) < 4.78 is 47.0. The summed E-state index contributed by atoms with van der Waals surface area (Å²) in [4.78, 5) is 34.6. The number of aryl methyl sites for hydroxylation is 1. The fraction of sp³-hybridized carbons (Fsp3) is 0.387. The van der Waals surface area contributed by atoms with E-state index in [2.05, 4.69) is 15.2 Å². The number of nitrogens with one attached hydrogen (secondary N) is 1. The van der Waals surface area contributed by atoms with Crippen molar-refractivity contribution in [2.75, 3.05) is 44.2 Å². The number of rotatable bonds is 9. The predicted octanol–water partition coefficient (Wildman–Crippen LogP) is 4.90. The van der Waals surface area contributed by atoms with Gasteiger partial charge in [0, 0.05) is 56.2 Å². The Morgan fingerprint density at radius 2 is 1.88 bits per heavy atom. The predicted molar refractivity (Wildman–Crippen MR) is 156 cm³/mol. The molecule has 4 rings (SSSR count). The standard InChI is InChI=1S/C31H36F3N5O3/c1-4-22-19-38(30(41)24-10-8-20(3)17-26(24)31(32,33)34)15-16-39(22)27-11-9-21(18-25(27)28(40)36-14-12-35)23-7-6-13-37-29(23)42-5-2/h6-11,13,17-18,22H,4-5,12,14-16,19,35H2,1-3H3,(H,36,40)/t22-/m1/s1. The third kappa shape index (κ3) is 6.67. The molecule has 2 aromatic carbocycles. The lowest BCUT2D eigenvalue weighted by molar-refractivity contribution is -0.138. The number of ether oxygens (including phenoxy) is 1. The van der Waals surface area contributed by atoms with Gasteiger partial charge in [0.15, 0.2) is 0 Å². The summed E-state index contributed by atoms with van der Waals surface area (Å²) in [5.74, 6) is -0.507. The Morgan fingerprint density at radius 3 is 2.57 bits per heavy atom. The maximum atomic E-state index is 13.8. The summed E-state index contributed by atoms with van der Waals surface area (Å²) in [5.41, 5.74) is 7.34. The Hall–Kier alpha value is -4.12. The van der Waals surface area contributed by atoms with Crippen LogP contribution in [0.4, 0.5) is 18.9 Å². The normalized spacial score (nSPS) is 15.5. The van der Waals surface area contributed by atoms with Crippen LogP contribution in [0.3, 0.4) is 0 Å². The topological polar surface area (TPSA) is 101 Å². The van der Waals surface area contributed by atoms with Gasteiger partial charge in [-0.05, 0) is 62.2 Å². The number of benzene rings is 2. The zero-order valence-electron chi connectivity index (χ0n) is 24.0. The minimum absolute atomic E-state index is 0.198. The molecule has 2 amide bonds. The number of aromatic nitrogens is 1. The Morgan fingerprint density at radius 1 is 1.10 bits per heavy atom. The molecule has 224 valence electrons. The number of amides is 2. The average Bonchev–Trinajstić information content (AvgIpc) is 2.99. The van der Waals surface area contributed by atoms with Crippen LogP contribution in [-0.2, 0) is 6.18 Å². The smallest absolute Gasteiger partial charge is 0.417 e. The quantitative estimate of drug-likeness (QED) is 0.372. The molecule has 8 nitrogen and oxygen atoms in total. The number of nitrogens with two attached hydrogens (primary N) is 1. The molecule has 1 aliphatic heterocycles. The largest absolute Gasteiger partial charge is 0.478 e. The molecular weight excluding hydrogens is 547 g/mol. The fourth-order valence-corrected chi connectivity index (χ4v) is 5.23. The van der Waals surface area contributed by atoms with Gasteiger partial charge in [-0.15, -0.1) is 0 Å². The highest BCUT2D eigenvalue weighted by atomic mass is 19.4. The second kappa shape index (κ2) is 13.2. The molecule has 3 aromatic rings. The number of nitrogens with zero attached hydrogens (tertiary/aromatic N) is 3. The molecule has 42 heavy (non-hydrogen) atoms. The SMILES string of the molecule is CCOc1ncccc1-c1ccc(N2CCN(C(=O)c3ccc(C)cc3C(F)(F)F)C[C@H]2CC)c(C(=O)NCCN)c1. The number of hydrogen-bond acceptors (Lipinski definition) is 6. The van der Waals surface area contributed by atoms with Gasteiger partial charge < -0.3 is 25.6 Å². The summed E-state index contributed by atoms with van der Waals surface area (Å²) in [6.45, 7) is 7.12. The lowest BCUT2D eigenvalue weighted by Crippen LogP contribution is -2.55. The fourth-order valence-electron chi connectivity index (χ4n) is 5.23. The van der Waals surface area contributed by atoms with Crippen molar-refractivity contribution in [1.82, 2.24) is 15.2 Å². The van der Waals surface area contributed by atoms with Crippen molar-refractivity contribution in [3.63, 3.8) is 0 Å². The zero-order valence-corrected chi connectivity index (χ0v) is 24.0. The molecule has 1 aliphatic rings. The number of carbonyl (C=O) groups is 2. The van der Waals surface area contributed by atoms with Crippen molar-refractivity contribution in [3.8, 4) is 17.0 Å². The highest BCUT2D eigenvalue weighted by Gasteiger charge is 2.38. The van der Waals surface area contributed by atoms with E-state index < -0.39 is 17.6 Å². The Bertz CT molecular complexity index is 1430. The van der Waals surface area contributed by atoms with Crippen molar-refractivity contribution in [1.29, 1.82) is 0 Å². The first-order valence-corrected chi connectivity index (χ1v) is 14.0. The first-order chi connectivity index (χ1) is 20.1. The summed E-state index contributed by atoms with van der Waals surface area (Å²) in [5, 5.41) is 2.84. The Kier molecular flexibility index (Phi) is 9.72. The molecule has 0 unspecified atom stereocenters. The average molecular weight is 584 g/mol. The molecule has 0 saturated carbocycles. The van der Waals surface area contributed by atoms with Crippen LogP contribution in [0.2, 0.25) is 0 Å². The maximum Gasteiger partial charge on any atom is 0.417 e. The number of carbonyl (C=O) groups excluding carboxylic acids is 2. The van der Waals surface area contributed by atoms with Crippen molar-refractivity contribution in [2.24, 2.45) is 5.73 Å². The van der Waals surface area contributed by atoms with Crippen LogP contribution in [0.5, 0.6) is 5.88 Å². The van der Waals surface area contributed by atoms with Gasteiger partial charge in [-0.2, -0.15) is 13.2 Å². The molecular formula is C31H36F3N5O3. The minimum atomic E-state index is -4.65. The number of halogens is 3. The van der Waals surface area contributed by atoms with Crippen LogP contribution in [0.1, 0.15) is 52.1 Å². The lowest BCUT2D eigenvalue weighted by atomic mass is 9.98.